The van der Waals surface area contributed by atoms with E-state index in [1.54, 1.807) is 0 Å². The molecule has 5 heteroatoms. The van der Waals surface area contributed by atoms with E-state index in [4.69, 9.17) is 0 Å². The Morgan fingerprint density at radius 3 is 2.68 bits per heavy atom. The smallest absolute Gasteiger partial charge is 0.242 e. The van der Waals surface area contributed by atoms with E-state index in [1.807, 2.05) is 45.0 Å². The molecule has 1 aliphatic rings. The van der Waals surface area contributed by atoms with E-state index in [1.165, 1.54) is 0 Å². The van der Waals surface area contributed by atoms with Gasteiger partial charge in [-0.2, -0.15) is 0 Å². The summed E-state index contributed by atoms with van der Waals surface area (Å²) in [7, 11) is 0. The molecule has 1 atom stereocenters. The first-order chi connectivity index (χ1) is 10.4. The van der Waals surface area contributed by atoms with Crippen LogP contribution in [0.2, 0.25) is 0 Å². The quantitative estimate of drug-likeness (QED) is 0.804. The summed E-state index contributed by atoms with van der Waals surface area (Å²) < 4.78 is 0. The van der Waals surface area contributed by atoms with Gasteiger partial charge in [-0.1, -0.05) is 26.8 Å². The molecule has 2 amide bonds. The number of hydrogen-bond donors (Lipinski definition) is 3. The molecule has 3 N–H and O–H groups in total. The normalized spacial score (nSPS) is 19.0. The molecule has 0 spiro atoms. The van der Waals surface area contributed by atoms with Gasteiger partial charge < -0.3 is 16.0 Å². The van der Waals surface area contributed by atoms with E-state index < -0.39 is 5.41 Å². The van der Waals surface area contributed by atoms with Crippen LogP contribution in [0.25, 0.3) is 0 Å². The molecule has 0 aliphatic carbocycles. The van der Waals surface area contributed by atoms with Gasteiger partial charge in [0, 0.05) is 23.3 Å². The summed E-state index contributed by atoms with van der Waals surface area (Å²) in [6, 6.07) is 7.28. The molecule has 1 fully saturated rings. The van der Waals surface area contributed by atoms with E-state index in [2.05, 4.69) is 16.0 Å². The molecule has 22 heavy (non-hydrogen) atoms. The van der Waals surface area contributed by atoms with Gasteiger partial charge in [-0.05, 0) is 37.5 Å². The highest BCUT2D eigenvalue weighted by Crippen LogP contribution is 2.21. The molecule has 1 aromatic carbocycles. The average Bonchev–Trinajstić information content (AvgIpc) is 2.64. The zero-order valence-electron chi connectivity index (χ0n) is 13.5. The van der Waals surface area contributed by atoms with Crippen LogP contribution in [0, 0.1) is 5.41 Å². The topological polar surface area (TPSA) is 70.2 Å². The van der Waals surface area contributed by atoms with Crippen molar-refractivity contribution in [2.24, 2.45) is 5.41 Å². The van der Waals surface area contributed by atoms with Crippen molar-refractivity contribution in [3.8, 4) is 0 Å². The molecule has 5 nitrogen and oxygen atoms in total. The molecule has 0 unspecified atom stereocenters. The summed E-state index contributed by atoms with van der Waals surface area (Å²) in [4.78, 5) is 24.0. The highest BCUT2D eigenvalue weighted by atomic mass is 16.2. The molecule has 1 aromatic rings. The van der Waals surface area contributed by atoms with E-state index >= 15 is 0 Å². The number of amides is 2. The fraction of sp³-hybridized carbons (Fsp3) is 0.529. The fourth-order valence-corrected chi connectivity index (χ4v) is 2.28. The Labute approximate surface area is 131 Å². The van der Waals surface area contributed by atoms with Crippen molar-refractivity contribution in [2.45, 2.75) is 46.1 Å². The van der Waals surface area contributed by atoms with Gasteiger partial charge in [-0.25, -0.2) is 0 Å². The SMILES string of the molecule is CC(C)(C)C(=O)Nc1cccc(N[C@H]2CCCCNC2=O)c1. The summed E-state index contributed by atoms with van der Waals surface area (Å²) >= 11 is 0. The van der Waals surface area contributed by atoms with Crippen molar-refractivity contribution in [2.75, 3.05) is 17.2 Å². The number of carbonyl (C=O) groups excluding carboxylic acids is 2. The molecule has 120 valence electrons. The van der Waals surface area contributed by atoms with Crippen LogP contribution in [0.1, 0.15) is 40.0 Å². The van der Waals surface area contributed by atoms with Crippen molar-refractivity contribution in [1.82, 2.24) is 5.32 Å². The van der Waals surface area contributed by atoms with Crippen LogP contribution in [-0.2, 0) is 9.59 Å². The van der Waals surface area contributed by atoms with E-state index in [0.717, 1.165) is 37.2 Å². The van der Waals surface area contributed by atoms with Crippen LogP contribution >= 0.6 is 0 Å². The summed E-state index contributed by atoms with van der Waals surface area (Å²) in [5.41, 5.74) is 1.14. The van der Waals surface area contributed by atoms with Gasteiger partial charge in [-0.3, -0.25) is 9.59 Å². The zero-order valence-corrected chi connectivity index (χ0v) is 13.5. The lowest BCUT2D eigenvalue weighted by atomic mass is 9.95. The molecule has 0 radical (unpaired) electrons. The molecule has 1 heterocycles. The van der Waals surface area contributed by atoms with Crippen LogP contribution in [0.15, 0.2) is 24.3 Å². The van der Waals surface area contributed by atoms with Crippen molar-refractivity contribution in [1.29, 1.82) is 0 Å². The Bertz CT molecular complexity index is 549. The standard InChI is InChI=1S/C17H25N3O2/c1-17(2,3)16(22)20-13-8-6-7-12(11-13)19-14-9-4-5-10-18-15(14)21/h6-8,11,14,19H,4-5,9-10H2,1-3H3,(H,18,21)(H,20,22)/t14-/m0/s1. The van der Waals surface area contributed by atoms with Crippen LogP contribution in [-0.4, -0.2) is 24.4 Å². The van der Waals surface area contributed by atoms with Gasteiger partial charge in [0.2, 0.25) is 11.8 Å². The fourth-order valence-electron chi connectivity index (χ4n) is 2.28. The maximum Gasteiger partial charge on any atom is 0.242 e. The zero-order chi connectivity index (χ0) is 16.2. The van der Waals surface area contributed by atoms with Crippen molar-refractivity contribution < 1.29 is 9.59 Å². The molecule has 0 aromatic heterocycles. The highest BCUT2D eigenvalue weighted by molar-refractivity contribution is 5.95. The number of nitrogens with one attached hydrogen (secondary N) is 3. The van der Waals surface area contributed by atoms with Gasteiger partial charge in [0.1, 0.15) is 6.04 Å². The molecule has 0 saturated carbocycles. The Morgan fingerprint density at radius 2 is 1.95 bits per heavy atom. The maximum atomic E-state index is 12.0. The van der Waals surface area contributed by atoms with Crippen LogP contribution in [0.5, 0.6) is 0 Å². The van der Waals surface area contributed by atoms with Gasteiger partial charge in [0.25, 0.3) is 0 Å². The van der Waals surface area contributed by atoms with Gasteiger partial charge in [0.05, 0.1) is 0 Å². The monoisotopic (exact) mass is 303 g/mol. The second kappa shape index (κ2) is 6.81. The molecular formula is C17H25N3O2. The lowest BCUT2D eigenvalue weighted by molar-refractivity contribution is -0.123. The third-order valence-electron chi connectivity index (χ3n) is 3.68. The van der Waals surface area contributed by atoms with E-state index in [-0.39, 0.29) is 17.9 Å². The summed E-state index contributed by atoms with van der Waals surface area (Å²) in [6.45, 7) is 6.37. The van der Waals surface area contributed by atoms with Gasteiger partial charge >= 0.3 is 0 Å². The largest absolute Gasteiger partial charge is 0.374 e. The Balaban J connectivity index is 2.05. The molecule has 1 aliphatic heterocycles. The number of anilines is 2. The highest BCUT2D eigenvalue weighted by Gasteiger charge is 2.22. The maximum absolute atomic E-state index is 12.0. The first-order valence-corrected chi connectivity index (χ1v) is 7.82. The van der Waals surface area contributed by atoms with Gasteiger partial charge in [0.15, 0.2) is 0 Å². The van der Waals surface area contributed by atoms with Crippen molar-refractivity contribution in [3.05, 3.63) is 24.3 Å². The number of hydrogen-bond acceptors (Lipinski definition) is 3. The van der Waals surface area contributed by atoms with E-state index in [9.17, 15) is 9.59 Å². The third-order valence-corrected chi connectivity index (χ3v) is 3.68. The molecule has 2 rings (SSSR count). The van der Waals surface area contributed by atoms with Crippen LogP contribution in [0.4, 0.5) is 11.4 Å². The Hall–Kier alpha value is -2.04. The van der Waals surface area contributed by atoms with Crippen molar-refractivity contribution in [3.63, 3.8) is 0 Å². The predicted octanol–water partition coefficient (Wildman–Crippen LogP) is 2.75. The third kappa shape index (κ3) is 4.48. The molecule has 0 bridgehead atoms. The first-order valence-electron chi connectivity index (χ1n) is 7.82. The summed E-state index contributed by atoms with van der Waals surface area (Å²) in [6.07, 6.45) is 2.87. The number of carbonyl (C=O) groups is 2. The van der Waals surface area contributed by atoms with E-state index in [0.29, 0.717) is 0 Å². The predicted molar refractivity (Wildman–Crippen MR) is 88.8 cm³/mol. The second-order valence-corrected chi connectivity index (χ2v) is 6.77. The van der Waals surface area contributed by atoms with Crippen molar-refractivity contribution >= 4 is 23.2 Å². The lowest BCUT2D eigenvalue weighted by Crippen LogP contribution is -2.37. The lowest BCUT2D eigenvalue weighted by Gasteiger charge is -2.19. The molecule has 1 saturated heterocycles. The number of rotatable bonds is 3. The summed E-state index contributed by atoms with van der Waals surface area (Å²) in [5, 5.41) is 9.07. The minimum absolute atomic E-state index is 0.0307. The first kappa shape index (κ1) is 16.3. The Morgan fingerprint density at radius 1 is 1.23 bits per heavy atom. The minimum Gasteiger partial charge on any atom is -0.374 e. The number of benzene rings is 1. The second-order valence-electron chi connectivity index (χ2n) is 6.77. The van der Waals surface area contributed by atoms with Crippen LogP contribution in [0.3, 0.4) is 0 Å². The Kier molecular flexibility index (Phi) is 5.06. The molecular weight excluding hydrogens is 278 g/mol. The summed E-state index contributed by atoms with van der Waals surface area (Å²) in [5.74, 6) is 0.0125. The van der Waals surface area contributed by atoms with Gasteiger partial charge in [-0.15, -0.1) is 0 Å². The van der Waals surface area contributed by atoms with Crippen LogP contribution < -0.4 is 16.0 Å². The average molecular weight is 303 g/mol. The minimum atomic E-state index is -0.440.